The van der Waals surface area contributed by atoms with Crippen LogP contribution in [0.15, 0.2) is 18.3 Å². The van der Waals surface area contributed by atoms with Gasteiger partial charge in [-0.1, -0.05) is 6.92 Å². The molecule has 1 amide bonds. The first kappa shape index (κ1) is 10.6. The van der Waals surface area contributed by atoms with E-state index in [-0.39, 0.29) is 5.91 Å². The van der Waals surface area contributed by atoms with E-state index in [4.69, 9.17) is 0 Å². The molecule has 0 saturated heterocycles. The van der Waals surface area contributed by atoms with Crippen molar-refractivity contribution >= 4 is 5.91 Å². The fourth-order valence-electron chi connectivity index (χ4n) is 0.918. The van der Waals surface area contributed by atoms with Gasteiger partial charge in [-0.05, 0) is 18.7 Å². The summed E-state index contributed by atoms with van der Waals surface area (Å²) in [6, 6.07) is 3.61. The first-order valence-corrected chi connectivity index (χ1v) is 4.57. The van der Waals surface area contributed by atoms with E-state index in [0.717, 1.165) is 12.2 Å². The van der Waals surface area contributed by atoms with Crippen LogP contribution in [0.25, 0.3) is 0 Å². The summed E-state index contributed by atoms with van der Waals surface area (Å²) in [5.41, 5.74) is 0.761. The Bertz CT molecular complexity index is 275. The van der Waals surface area contributed by atoms with Gasteiger partial charge < -0.3 is 10.6 Å². The molecule has 2 N–H and O–H groups in total. The summed E-state index contributed by atoms with van der Waals surface area (Å²) in [5, 5.41) is 13.2. The molecule has 14 heavy (non-hydrogen) atoms. The number of hydrogen-bond acceptors (Lipinski definition) is 4. The predicted molar refractivity (Wildman–Crippen MR) is 52.4 cm³/mol. The molecule has 0 bridgehead atoms. The molecule has 0 aliphatic rings. The number of nitrogens with zero attached hydrogens (tertiary/aromatic N) is 2. The topological polar surface area (TPSA) is 66.9 Å². The highest BCUT2D eigenvalue weighted by Gasteiger charge is 1.99. The third-order valence-electron chi connectivity index (χ3n) is 1.63. The zero-order valence-corrected chi connectivity index (χ0v) is 8.16. The molecule has 0 atom stereocenters. The van der Waals surface area contributed by atoms with Crippen molar-refractivity contribution in [3.05, 3.63) is 24.0 Å². The highest BCUT2D eigenvalue weighted by atomic mass is 16.1. The van der Waals surface area contributed by atoms with Crippen molar-refractivity contribution in [2.45, 2.75) is 13.5 Å². The smallest absolute Gasteiger partial charge is 0.234 e. The summed E-state index contributed by atoms with van der Waals surface area (Å²) < 4.78 is 0. The van der Waals surface area contributed by atoms with E-state index in [1.165, 1.54) is 0 Å². The van der Waals surface area contributed by atoms with Gasteiger partial charge in [-0.3, -0.25) is 4.79 Å². The maximum absolute atomic E-state index is 11.2. The molecule has 0 aliphatic heterocycles. The van der Waals surface area contributed by atoms with Gasteiger partial charge in [0, 0.05) is 6.20 Å². The number of carbonyl (C=O) groups is 1. The molecule has 0 aromatic carbocycles. The van der Waals surface area contributed by atoms with Crippen LogP contribution >= 0.6 is 0 Å². The van der Waals surface area contributed by atoms with Crippen molar-refractivity contribution < 1.29 is 4.79 Å². The van der Waals surface area contributed by atoms with Gasteiger partial charge in [0.1, 0.15) is 0 Å². The molecule has 5 nitrogen and oxygen atoms in total. The molecule has 1 heterocycles. The van der Waals surface area contributed by atoms with Gasteiger partial charge in [0.2, 0.25) is 5.91 Å². The Hall–Kier alpha value is -1.49. The minimum Gasteiger partial charge on any atom is -0.349 e. The number of rotatable bonds is 5. The molecule has 0 saturated carbocycles. The zero-order chi connectivity index (χ0) is 10.2. The van der Waals surface area contributed by atoms with Crippen LogP contribution in [0.3, 0.4) is 0 Å². The summed E-state index contributed by atoms with van der Waals surface area (Å²) in [7, 11) is 0. The Labute approximate surface area is 82.9 Å². The van der Waals surface area contributed by atoms with E-state index in [1.807, 2.05) is 13.0 Å². The van der Waals surface area contributed by atoms with E-state index in [1.54, 1.807) is 12.3 Å². The fourth-order valence-corrected chi connectivity index (χ4v) is 0.918. The normalized spacial score (nSPS) is 9.79. The van der Waals surface area contributed by atoms with Crippen molar-refractivity contribution in [2.24, 2.45) is 0 Å². The second kappa shape index (κ2) is 6.04. The number of carbonyl (C=O) groups excluding carboxylic acids is 1. The van der Waals surface area contributed by atoms with Gasteiger partial charge in [-0.15, -0.1) is 0 Å². The Morgan fingerprint density at radius 2 is 2.43 bits per heavy atom. The van der Waals surface area contributed by atoms with Crippen molar-refractivity contribution in [1.29, 1.82) is 0 Å². The number of nitrogens with one attached hydrogen (secondary N) is 2. The molecule has 0 radical (unpaired) electrons. The van der Waals surface area contributed by atoms with E-state index in [9.17, 15) is 4.79 Å². The monoisotopic (exact) mass is 194 g/mol. The average molecular weight is 194 g/mol. The molecule has 0 fully saturated rings. The van der Waals surface area contributed by atoms with Gasteiger partial charge in [-0.2, -0.15) is 10.2 Å². The molecule has 0 unspecified atom stereocenters. The van der Waals surface area contributed by atoms with Crippen molar-refractivity contribution in [3.8, 4) is 0 Å². The third-order valence-corrected chi connectivity index (χ3v) is 1.63. The van der Waals surface area contributed by atoms with E-state index in [2.05, 4.69) is 20.8 Å². The van der Waals surface area contributed by atoms with Crippen LogP contribution in [0.5, 0.6) is 0 Å². The van der Waals surface area contributed by atoms with Crippen LogP contribution < -0.4 is 10.6 Å². The molecule has 1 aromatic rings. The summed E-state index contributed by atoms with van der Waals surface area (Å²) in [4.78, 5) is 11.2. The van der Waals surface area contributed by atoms with Crippen molar-refractivity contribution in [1.82, 2.24) is 20.8 Å². The number of amides is 1. The largest absolute Gasteiger partial charge is 0.349 e. The van der Waals surface area contributed by atoms with Crippen LogP contribution in [-0.4, -0.2) is 29.2 Å². The molecular weight excluding hydrogens is 180 g/mol. The second-order valence-electron chi connectivity index (χ2n) is 2.77. The lowest BCUT2D eigenvalue weighted by Crippen LogP contribution is -2.33. The summed E-state index contributed by atoms with van der Waals surface area (Å²) in [5.74, 6) is -0.0301. The SMILES string of the molecule is CCNCC(=O)NCc1cccnn1. The third kappa shape index (κ3) is 3.95. The van der Waals surface area contributed by atoms with E-state index in [0.29, 0.717) is 13.1 Å². The van der Waals surface area contributed by atoms with Gasteiger partial charge in [0.25, 0.3) is 0 Å². The molecule has 0 aliphatic carbocycles. The Morgan fingerprint density at radius 3 is 3.07 bits per heavy atom. The van der Waals surface area contributed by atoms with Gasteiger partial charge in [-0.25, -0.2) is 0 Å². The van der Waals surface area contributed by atoms with Gasteiger partial charge >= 0.3 is 0 Å². The van der Waals surface area contributed by atoms with E-state index < -0.39 is 0 Å². The predicted octanol–water partition coefficient (Wildman–Crippen LogP) is -0.298. The summed E-state index contributed by atoms with van der Waals surface area (Å²) in [6.07, 6.45) is 1.60. The summed E-state index contributed by atoms with van der Waals surface area (Å²) >= 11 is 0. The second-order valence-corrected chi connectivity index (χ2v) is 2.77. The van der Waals surface area contributed by atoms with E-state index >= 15 is 0 Å². The van der Waals surface area contributed by atoms with Crippen molar-refractivity contribution in [2.75, 3.05) is 13.1 Å². The minimum absolute atomic E-state index is 0.0301. The molecular formula is C9H14N4O. The van der Waals surface area contributed by atoms with Crippen LogP contribution in [-0.2, 0) is 11.3 Å². The summed E-state index contributed by atoms with van der Waals surface area (Å²) in [6.45, 7) is 3.52. The fraction of sp³-hybridized carbons (Fsp3) is 0.444. The van der Waals surface area contributed by atoms with Crippen LogP contribution in [0.4, 0.5) is 0 Å². The quantitative estimate of drug-likeness (QED) is 0.675. The Morgan fingerprint density at radius 1 is 1.57 bits per heavy atom. The maximum atomic E-state index is 11.2. The van der Waals surface area contributed by atoms with Gasteiger partial charge in [0.05, 0.1) is 18.8 Å². The maximum Gasteiger partial charge on any atom is 0.234 e. The first-order chi connectivity index (χ1) is 6.83. The van der Waals surface area contributed by atoms with Crippen molar-refractivity contribution in [3.63, 3.8) is 0 Å². The molecule has 5 heteroatoms. The number of likely N-dealkylation sites (N-methyl/N-ethyl adjacent to an activating group) is 1. The number of aromatic nitrogens is 2. The first-order valence-electron chi connectivity index (χ1n) is 4.57. The lowest BCUT2D eigenvalue weighted by atomic mass is 10.4. The van der Waals surface area contributed by atoms with Crippen LogP contribution in [0, 0.1) is 0 Å². The molecule has 1 aromatic heterocycles. The highest BCUT2D eigenvalue weighted by Crippen LogP contribution is 1.88. The standard InChI is InChI=1S/C9H14N4O/c1-2-10-7-9(14)11-6-8-4-3-5-12-13-8/h3-5,10H,2,6-7H2,1H3,(H,11,14). The number of hydrogen-bond donors (Lipinski definition) is 2. The Kier molecular flexibility index (Phi) is 4.57. The highest BCUT2D eigenvalue weighted by molar-refractivity contribution is 5.77. The molecule has 0 spiro atoms. The van der Waals surface area contributed by atoms with Crippen LogP contribution in [0.2, 0.25) is 0 Å². The van der Waals surface area contributed by atoms with Crippen LogP contribution in [0.1, 0.15) is 12.6 Å². The molecule has 1 rings (SSSR count). The zero-order valence-electron chi connectivity index (χ0n) is 8.16. The average Bonchev–Trinajstić information content (AvgIpc) is 2.25. The lowest BCUT2D eigenvalue weighted by molar-refractivity contribution is -0.120. The molecule has 76 valence electrons. The minimum atomic E-state index is -0.0301. The Balaban J connectivity index is 2.24. The van der Waals surface area contributed by atoms with Gasteiger partial charge in [0.15, 0.2) is 0 Å². The lowest BCUT2D eigenvalue weighted by Gasteiger charge is -2.03.